The minimum absolute atomic E-state index is 0.0516. The van der Waals surface area contributed by atoms with Gasteiger partial charge >= 0.3 is 0 Å². The molecular formula is C16H21N3O2. The number of benzene rings is 1. The number of amides is 1. The SMILES string of the molecule is Cc1cc(C)cc(NC(=O)CCc2nc(C(C)C)no2)c1. The Kier molecular flexibility index (Phi) is 4.73. The maximum absolute atomic E-state index is 11.9. The van der Waals surface area contributed by atoms with Gasteiger partial charge in [0.2, 0.25) is 11.8 Å². The van der Waals surface area contributed by atoms with E-state index in [0.717, 1.165) is 16.8 Å². The lowest BCUT2D eigenvalue weighted by Gasteiger charge is -2.06. The van der Waals surface area contributed by atoms with Gasteiger partial charge < -0.3 is 9.84 Å². The topological polar surface area (TPSA) is 68.0 Å². The first kappa shape index (κ1) is 15.2. The third-order valence-electron chi connectivity index (χ3n) is 3.07. The molecule has 1 N–H and O–H groups in total. The molecule has 0 aliphatic carbocycles. The quantitative estimate of drug-likeness (QED) is 0.915. The van der Waals surface area contributed by atoms with Gasteiger partial charge in [-0.05, 0) is 37.1 Å². The Morgan fingerprint density at radius 2 is 1.90 bits per heavy atom. The van der Waals surface area contributed by atoms with Crippen molar-refractivity contribution < 1.29 is 9.32 Å². The molecule has 0 radical (unpaired) electrons. The largest absolute Gasteiger partial charge is 0.339 e. The number of hydrogen-bond acceptors (Lipinski definition) is 4. The van der Waals surface area contributed by atoms with Gasteiger partial charge in [0.05, 0.1) is 0 Å². The fourth-order valence-electron chi connectivity index (χ4n) is 2.09. The minimum atomic E-state index is -0.0516. The first-order valence-corrected chi connectivity index (χ1v) is 7.14. The Balaban J connectivity index is 1.89. The number of nitrogens with zero attached hydrogens (tertiary/aromatic N) is 2. The summed E-state index contributed by atoms with van der Waals surface area (Å²) in [5.41, 5.74) is 3.08. The highest BCUT2D eigenvalue weighted by Gasteiger charge is 2.11. The highest BCUT2D eigenvalue weighted by atomic mass is 16.5. The fourth-order valence-corrected chi connectivity index (χ4v) is 2.09. The zero-order chi connectivity index (χ0) is 15.4. The van der Waals surface area contributed by atoms with Crippen LogP contribution in [-0.4, -0.2) is 16.0 Å². The summed E-state index contributed by atoms with van der Waals surface area (Å²) in [6.45, 7) is 8.02. The summed E-state index contributed by atoms with van der Waals surface area (Å²) < 4.78 is 5.12. The first-order valence-electron chi connectivity index (χ1n) is 7.14. The van der Waals surface area contributed by atoms with Gasteiger partial charge in [-0.25, -0.2) is 0 Å². The number of carbonyl (C=O) groups is 1. The number of rotatable bonds is 5. The molecule has 0 aliphatic rings. The van der Waals surface area contributed by atoms with E-state index in [1.807, 2.05) is 39.8 Å². The molecule has 1 aromatic heterocycles. The summed E-state index contributed by atoms with van der Waals surface area (Å²) in [5, 5.41) is 6.78. The first-order chi connectivity index (χ1) is 9.94. The Labute approximate surface area is 124 Å². The number of aromatic nitrogens is 2. The van der Waals surface area contributed by atoms with E-state index in [4.69, 9.17) is 4.52 Å². The molecule has 5 heteroatoms. The minimum Gasteiger partial charge on any atom is -0.339 e. The predicted octanol–water partition coefficient (Wildman–Crippen LogP) is 3.38. The van der Waals surface area contributed by atoms with Crippen LogP contribution in [0.3, 0.4) is 0 Å². The van der Waals surface area contributed by atoms with Crippen LogP contribution in [0.15, 0.2) is 22.7 Å². The molecule has 0 unspecified atom stereocenters. The number of aryl methyl sites for hydroxylation is 3. The second-order valence-electron chi connectivity index (χ2n) is 5.63. The van der Waals surface area contributed by atoms with Crippen molar-refractivity contribution in [2.24, 2.45) is 0 Å². The molecule has 112 valence electrons. The molecule has 0 bridgehead atoms. The summed E-state index contributed by atoms with van der Waals surface area (Å²) in [6.07, 6.45) is 0.781. The molecule has 0 spiro atoms. The Morgan fingerprint density at radius 3 is 2.48 bits per heavy atom. The van der Waals surface area contributed by atoms with Gasteiger partial charge in [0.15, 0.2) is 5.82 Å². The van der Waals surface area contributed by atoms with E-state index in [9.17, 15) is 4.79 Å². The molecular weight excluding hydrogens is 266 g/mol. The van der Waals surface area contributed by atoms with Gasteiger partial charge in [-0.3, -0.25) is 4.79 Å². The van der Waals surface area contributed by atoms with Crippen LogP contribution in [0.5, 0.6) is 0 Å². The van der Waals surface area contributed by atoms with Crippen molar-refractivity contribution >= 4 is 11.6 Å². The Morgan fingerprint density at radius 1 is 1.24 bits per heavy atom. The van der Waals surface area contributed by atoms with Gasteiger partial charge in [0.25, 0.3) is 0 Å². The average Bonchev–Trinajstić information content (AvgIpc) is 2.84. The van der Waals surface area contributed by atoms with Crippen LogP contribution < -0.4 is 5.32 Å². The molecule has 1 amide bonds. The monoisotopic (exact) mass is 287 g/mol. The normalized spacial score (nSPS) is 10.9. The third-order valence-corrected chi connectivity index (χ3v) is 3.07. The van der Waals surface area contributed by atoms with E-state index in [1.165, 1.54) is 0 Å². The van der Waals surface area contributed by atoms with Crippen molar-refractivity contribution in [2.45, 2.75) is 46.5 Å². The van der Waals surface area contributed by atoms with E-state index >= 15 is 0 Å². The van der Waals surface area contributed by atoms with Gasteiger partial charge in [-0.15, -0.1) is 0 Å². The summed E-state index contributed by atoms with van der Waals surface area (Å²) in [7, 11) is 0. The van der Waals surface area contributed by atoms with Crippen LogP contribution in [0, 0.1) is 13.8 Å². The molecule has 5 nitrogen and oxygen atoms in total. The molecule has 0 saturated heterocycles. The third kappa shape index (κ3) is 4.41. The van der Waals surface area contributed by atoms with E-state index in [1.54, 1.807) is 0 Å². The maximum atomic E-state index is 11.9. The van der Waals surface area contributed by atoms with E-state index in [0.29, 0.717) is 24.6 Å². The molecule has 2 rings (SSSR count). The highest BCUT2D eigenvalue weighted by Crippen LogP contribution is 2.15. The molecule has 0 atom stereocenters. The van der Waals surface area contributed by atoms with Crippen LogP contribution >= 0.6 is 0 Å². The van der Waals surface area contributed by atoms with Crippen molar-refractivity contribution in [3.8, 4) is 0 Å². The molecule has 0 saturated carbocycles. The Bertz CT molecular complexity index is 612. The number of hydrogen-bond donors (Lipinski definition) is 1. The maximum Gasteiger partial charge on any atom is 0.227 e. The molecule has 1 aromatic carbocycles. The number of nitrogens with one attached hydrogen (secondary N) is 1. The number of anilines is 1. The molecule has 2 aromatic rings. The Hall–Kier alpha value is -2.17. The summed E-state index contributed by atoms with van der Waals surface area (Å²) in [6, 6.07) is 5.98. The predicted molar refractivity (Wildman–Crippen MR) is 81.3 cm³/mol. The zero-order valence-corrected chi connectivity index (χ0v) is 12.9. The lowest BCUT2D eigenvalue weighted by Crippen LogP contribution is -2.12. The van der Waals surface area contributed by atoms with Crippen LogP contribution in [0.4, 0.5) is 5.69 Å². The van der Waals surface area contributed by atoms with E-state index in [2.05, 4.69) is 21.5 Å². The molecule has 0 fully saturated rings. The smallest absolute Gasteiger partial charge is 0.227 e. The lowest BCUT2D eigenvalue weighted by atomic mass is 10.1. The van der Waals surface area contributed by atoms with Crippen molar-refractivity contribution in [3.63, 3.8) is 0 Å². The standard InChI is InChI=1S/C16H21N3O2/c1-10(2)16-18-15(21-19-16)6-5-14(20)17-13-8-11(3)7-12(4)9-13/h7-10H,5-6H2,1-4H3,(H,17,20). The number of carbonyl (C=O) groups excluding carboxylic acids is 1. The van der Waals surface area contributed by atoms with Crippen LogP contribution in [-0.2, 0) is 11.2 Å². The zero-order valence-electron chi connectivity index (χ0n) is 12.9. The second-order valence-corrected chi connectivity index (χ2v) is 5.63. The lowest BCUT2D eigenvalue weighted by molar-refractivity contribution is -0.116. The summed E-state index contributed by atoms with van der Waals surface area (Å²) >= 11 is 0. The van der Waals surface area contributed by atoms with Gasteiger partial charge in [0.1, 0.15) is 0 Å². The van der Waals surface area contributed by atoms with Gasteiger partial charge in [-0.2, -0.15) is 4.98 Å². The molecule has 1 heterocycles. The van der Waals surface area contributed by atoms with Crippen molar-refractivity contribution in [1.82, 2.24) is 10.1 Å². The van der Waals surface area contributed by atoms with Crippen molar-refractivity contribution in [2.75, 3.05) is 5.32 Å². The second kappa shape index (κ2) is 6.52. The molecule has 0 aliphatic heterocycles. The average molecular weight is 287 g/mol. The highest BCUT2D eigenvalue weighted by molar-refractivity contribution is 5.90. The summed E-state index contributed by atoms with van der Waals surface area (Å²) in [4.78, 5) is 16.2. The van der Waals surface area contributed by atoms with E-state index < -0.39 is 0 Å². The van der Waals surface area contributed by atoms with E-state index in [-0.39, 0.29) is 11.8 Å². The van der Waals surface area contributed by atoms with Gasteiger partial charge in [0, 0.05) is 24.4 Å². The van der Waals surface area contributed by atoms with Crippen molar-refractivity contribution in [1.29, 1.82) is 0 Å². The summed E-state index contributed by atoms with van der Waals surface area (Å²) in [5.74, 6) is 1.37. The van der Waals surface area contributed by atoms with Gasteiger partial charge in [-0.1, -0.05) is 25.1 Å². The van der Waals surface area contributed by atoms with Crippen LogP contribution in [0.25, 0.3) is 0 Å². The van der Waals surface area contributed by atoms with Crippen LogP contribution in [0.1, 0.15) is 49.0 Å². The molecule has 21 heavy (non-hydrogen) atoms. The van der Waals surface area contributed by atoms with Crippen molar-refractivity contribution in [3.05, 3.63) is 41.0 Å². The van der Waals surface area contributed by atoms with Crippen LogP contribution in [0.2, 0.25) is 0 Å². The fraction of sp³-hybridized carbons (Fsp3) is 0.438.